The van der Waals surface area contributed by atoms with Crippen molar-refractivity contribution < 1.29 is 9.84 Å². The van der Waals surface area contributed by atoms with Gasteiger partial charge >= 0.3 is 0 Å². The Balaban J connectivity index is 1.74. The van der Waals surface area contributed by atoms with E-state index in [2.05, 4.69) is 9.89 Å². The summed E-state index contributed by atoms with van der Waals surface area (Å²) in [5, 5.41) is 9.29. The molecule has 0 bridgehead atoms. The first-order valence-corrected chi connectivity index (χ1v) is 5.93. The largest absolute Gasteiger partial charge is 0.508 e. The molecule has 4 nitrogen and oxygen atoms in total. The number of phenolic OH excluding ortho intramolecular Hbond substituents is 1. The number of rotatable bonds is 4. The van der Waals surface area contributed by atoms with Crippen LogP contribution in [0.1, 0.15) is 5.56 Å². The van der Waals surface area contributed by atoms with Crippen molar-refractivity contribution in [2.75, 3.05) is 39.4 Å². The number of morpholine rings is 1. The van der Waals surface area contributed by atoms with Gasteiger partial charge < -0.3 is 9.84 Å². The van der Waals surface area contributed by atoms with Crippen molar-refractivity contribution in [1.82, 2.24) is 4.90 Å². The van der Waals surface area contributed by atoms with Gasteiger partial charge in [-0.2, -0.15) is 0 Å². The Morgan fingerprint density at radius 2 is 2.18 bits per heavy atom. The molecule has 1 saturated heterocycles. The van der Waals surface area contributed by atoms with Gasteiger partial charge in [0.05, 0.1) is 19.8 Å². The van der Waals surface area contributed by atoms with Crippen molar-refractivity contribution in [2.24, 2.45) is 4.99 Å². The van der Waals surface area contributed by atoms with Crippen LogP contribution >= 0.6 is 0 Å². The minimum atomic E-state index is 0.280. The molecule has 1 aromatic rings. The molecular formula is C13H18N2O2. The first-order chi connectivity index (χ1) is 8.34. The van der Waals surface area contributed by atoms with Crippen molar-refractivity contribution >= 4 is 6.21 Å². The average Bonchev–Trinajstić information content (AvgIpc) is 2.36. The van der Waals surface area contributed by atoms with Crippen LogP contribution in [0.4, 0.5) is 0 Å². The van der Waals surface area contributed by atoms with E-state index in [-0.39, 0.29) is 5.75 Å². The molecule has 0 radical (unpaired) electrons. The molecule has 0 aromatic heterocycles. The zero-order valence-electron chi connectivity index (χ0n) is 9.88. The van der Waals surface area contributed by atoms with E-state index < -0.39 is 0 Å². The van der Waals surface area contributed by atoms with Crippen LogP contribution in [0, 0.1) is 0 Å². The lowest BCUT2D eigenvalue weighted by molar-refractivity contribution is 0.0395. The molecule has 1 aliphatic rings. The number of nitrogens with zero attached hydrogens (tertiary/aromatic N) is 2. The summed E-state index contributed by atoms with van der Waals surface area (Å²) in [6.45, 7) is 5.42. The molecule has 2 rings (SSSR count). The summed E-state index contributed by atoms with van der Waals surface area (Å²) in [6.07, 6.45) is 1.81. The predicted molar refractivity (Wildman–Crippen MR) is 67.8 cm³/mol. The molecule has 1 heterocycles. The topological polar surface area (TPSA) is 45.1 Å². The molecule has 1 fully saturated rings. The second-order valence-corrected chi connectivity index (χ2v) is 4.08. The maximum Gasteiger partial charge on any atom is 0.116 e. The van der Waals surface area contributed by atoms with Crippen LogP contribution in [0.15, 0.2) is 29.3 Å². The number of ether oxygens (including phenoxy) is 1. The number of hydrogen-bond donors (Lipinski definition) is 1. The van der Waals surface area contributed by atoms with E-state index in [4.69, 9.17) is 4.74 Å². The first kappa shape index (κ1) is 12.1. The highest BCUT2D eigenvalue weighted by atomic mass is 16.5. The van der Waals surface area contributed by atoms with Crippen LogP contribution < -0.4 is 0 Å². The van der Waals surface area contributed by atoms with Gasteiger partial charge in [-0.25, -0.2) is 0 Å². The molecule has 0 unspecified atom stereocenters. The highest BCUT2D eigenvalue weighted by Crippen LogP contribution is 2.08. The molecule has 0 aliphatic carbocycles. The summed E-state index contributed by atoms with van der Waals surface area (Å²) in [5.41, 5.74) is 0.937. The van der Waals surface area contributed by atoms with Gasteiger partial charge in [0.25, 0.3) is 0 Å². The predicted octanol–water partition coefficient (Wildman–Crippen LogP) is 1.14. The summed E-state index contributed by atoms with van der Waals surface area (Å²) >= 11 is 0. The van der Waals surface area contributed by atoms with Crippen LogP contribution in [0.25, 0.3) is 0 Å². The molecule has 17 heavy (non-hydrogen) atoms. The van der Waals surface area contributed by atoms with Gasteiger partial charge in [0, 0.05) is 25.8 Å². The molecule has 1 N–H and O–H groups in total. The fourth-order valence-electron chi connectivity index (χ4n) is 1.80. The average molecular weight is 234 g/mol. The van der Waals surface area contributed by atoms with E-state index in [1.54, 1.807) is 18.3 Å². The van der Waals surface area contributed by atoms with Gasteiger partial charge in [-0.05, 0) is 17.7 Å². The van der Waals surface area contributed by atoms with Gasteiger partial charge in [-0.15, -0.1) is 0 Å². The summed E-state index contributed by atoms with van der Waals surface area (Å²) in [7, 11) is 0. The standard InChI is InChI=1S/C13H18N2O2/c16-13-3-1-2-12(10-13)11-14-4-5-15-6-8-17-9-7-15/h1-3,10-11,16H,4-9H2. The molecule has 4 heteroatoms. The van der Waals surface area contributed by atoms with Crippen molar-refractivity contribution in [3.63, 3.8) is 0 Å². The Morgan fingerprint density at radius 3 is 2.94 bits per heavy atom. The Morgan fingerprint density at radius 1 is 1.35 bits per heavy atom. The van der Waals surface area contributed by atoms with E-state index in [9.17, 15) is 5.11 Å². The zero-order valence-corrected chi connectivity index (χ0v) is 9.88. The van der Waals surface area contributed by atoms with Crippen molar-refractivity contribution in [1.29, 1.82) is 0 Å². The maximum atomic E-state index is 9.29. The summed E-state index contributed by atoms with van der Waals surface area (Å²) in [4.78, 5) is 6.71. The van der Waals surface area contributed by atoms with Crippen LogP contribution in [0.2, 0.25) is 0 Å². The van der Waals surface area contributed by atoms with E-state index in [0.29, 0.717) is 0 Å². The van der Waals surface area contributed by atoms with Gasteiger partial charge in [0.15, 0.2) is 0 Å². The van der Waals surface area contributed by atoms with Crippen molar-refractivity contribution in [3.05, 3.63) is 29.8 Å². The number of phenols is 1. The Labute approximate surface area is 102 Å². The monoisotopic (exact) mass is 234 g/mol. The van der Waals surface area contributed by atoms with E-state index in [1.807, 2.05) is 12.1 Å². The van der Waals surface area contributed by atoms with Crippen LogP contribution in [-0.2, 0) is 4.74 Å². The van der Waals surface area contributed by atoms with E-state index in [1.165, 1.54) is 0 Å². The van der Waals surface area contributed by atoms with Crippen molar-refractivity contribution in [3.8, 4) is 5.75 Å². The van der Waals surface area contributed by atoms with Gasteiger partial charge in [0.2, 0.25) is 0 Å². The fraction of sp³-hybridized carbons (Fsp3) is 0.462. The van der Waals surface area contributed by atoms with E-state index >= 15 is 0 Å². The highest BCUT2D eigenvalue weighted by Gasteiger charge is 2.08. The minimum Gasteiger partial charge on any atom is -0.508 e. The SMILES string of the molecule is Oc1cccc(C=NCCN2CCOCC2)c1. The summed E-state index contributed by atoms with van der Waals surface area (Å²) in [6, 6.07) is 7.11. The molecular weight excluding hydrogens is 216 g/mol. The summed E-state index contributed by atoms with van der Waals surface area (Å²) < 4.78 is 5.28. The second-order valence-electron chi connectivity index (χ2n) is 4.08. The number of hydrogen-bond acceptors (Lipinski definition) is 4. The molecule has 1 aromatic carbocycles. The maximum absolute atomic E-state index is 9.29. The van der Waals surface area contributed by atoms with Gasteiger partial charge in [0.1, 0.15) is 5.75 Å². The highest BCUT2D eigenvalue weighted by molar-refractivity contribution is 5.80. The van der Waals surface area contributed by atoms with Crippen LogP contribution in [-0.4, -0.2) is 55.6 Å². The third-order valence-corrected chi connectivity index (χ3v) is 2.76. The molecule has 0 amide bonds. The quantitative estimate of drug-likeness (QED) is 0.795. The lowest BCUT2D eigenvalue weighted by atomic mass is 10.2. The molecule has 1 aliphatic heterocycles. The van der Waals surface area contributed by atoms with Gasteiger partial charge in [-0.3, -0.25) is 9.89 Å². The third-order valence-electron chi connectivity index (χ3n) is 2.76. The van der Waals surface area contributed by atoms with Crippen LogP contribution in [0.5, 0.6) is 5.75 Å². The zero-order chi connectivity index (χ0) is 11.9. The molecule has 0 saturated carbocycles. The minimum absolute atomic E-state index is 0.280. The van der Waals surface area contributed by atoms with E-state index in [0.717, 1.165) is 45.0 Å². The molecule has 0 atom stereocenters. The smallest absolute Gasteiger partial charge is 0.116 e. The number of benzene rings is 1. The second kappa shape index (κ2) is 6.37. The Kier molecular flexibility index (Phi) is 4.53. The first-order valence-electron chi connectivity index (χ1n) is 5.93. The Hall–Kier alpha value is -1.39. The summed E-state index contributed by atoms with van der Waals surface area (Å²) in [5.74, 6) is 0.280. The lowest BCUT2D eigenvalue weighted by Crippen LogP contribution is -2.37. The fourth-order valence-corrected chi connectivity index (χ4v) is 1.80. The molecule has 0 spiro atoms. The molecule has 92 valence electrons. The number of aliphatic imine (C=N–C) groups is 1. The van der Waals surface area contributed by atoms with Gasteiger partial charge in [-0.1, -0.05) is 12.1 Å². The van der Waals surface area contributed by atoms with Crippen LogP contribution in [0.3, 0.4) is 0 Å². The lowest BCUT2D eigenvalue weighted by Gasteiger charge is -2.25. The third kappa shape index (κ3) is 4.17. The number of aromatic hydroxyl groups is 1. The normalized spacial score (nSPS) is 17.6. The Bertz CT molecular complexity index is 373. The van der Waals surface area contributed by atoms with Crippen molar-refractivity contribution in [2.45, 2.75) is 0 Å².